The minimum atomic E-state index is -0.238. The van der Waals surface area contributed by atoms with Crippen LogP contribution in [-0.2, 0) is 9.47 Å². The van der Waals surface area contributed by atoms with E-state index in [0.29, 0.717) is 26.2 Å². The smallest absolute Gasteiger partial charge is 0.254 e. The van der Waals surface area contributed by atoms with E-state index in [2.05, 4.69) is 0 Å². The number of morpholine rings is 2. The van der Waals surface area contributed by atoms with E-state index in [-0.39, 0.29) is 57.4 Å². The highest BCUT2D eigenvalue weighted by Crippen LogP contribution is 2.29. The molecule has 2 amide bonds. The first-order valence-electron chi connectivity index (χ1n) is 9.54. The summed E-state index contributed by atoms with van der Waals surface area (Å²) in [5.41, 5.74) is 0.542. The van der Waals surface area contributed by atoms with E-state index in [1.807, 2.05) is 27.7 Å². The van der Waals surface area contributed by atoms with E-state index in [1.54, 1.807) is 9.80 Å². The Kier molecular flexibility index (Phi) is 6.54. The average Bonchev–Trinajstić information content (AvgIpc) is 2.60. The predicted molar refractivity (Wildman–Crippen MR) is 108 cm³/mol. The van der Waals surface area contributed by atoms with E-state index in [9.17, 15) is 9.59 Å². The summed E-state index contributed by atoms with van der Waals surface area (Å²) in [7, 11) is 0. The summed E-state index contributed by atoms with van der Waals surface area (Å²) in [4.78, 5) is 29.9. The number of hydrogen-bond donors (Lipinski definition) is 0. The van der Waals surface area contributed by atoms with Gasteiger partial charge in [0.15, 0.2) is 0 Å². The number of hydrogen-bond acceptors (Lipinski definition) is 4. The fourth-order valence-corrected chi connectivity index (χ4v) is 4.26. The van der Waals surface area contributed by atoms with Crippen LogP contribution in [-0.4, -0.2) is 72.2 Å². The number of benzene rings is 1. The van der Waals surface area contributed by atoms with Crippen molar-refractivity contribution in [2.24, 2.45) is 0 Å². The van der Waals surface area contributed by atoms with Crippen LogP contribution in [0.3, 0.4) is 0 Å². The van der Waals surface area contributed by atoms with Gasteiger partial charge in [0, 0.05) is 26.2 Å². The first-order valence-corrected chi connectivity index (χ1v) is 10.3. The molecule has 0 N–H and O–H groups in total. The third-order valence-corrected chi connectivity index (χ3v) is 5.66. The van der Waals surface area contributed by atoms with Crippen molar-refractivity contribution >= 4 is 35.0 Å². The Morgan fingerprint density at radius 3 is 1.32 bits per heavy atom. The minimum absolute atomic E-state index is 0.0735. The highest BCUT2D eigenvalue weighted by molar-refractivity contribution is 6.42. The molecule has 2 fully saturated rings. The fourth-order valence-electron chi connectivity index (χ4n) is 3.93. The third kappa shape index (κ3) is 4.62. The fraction of sp³-hybridized carbons (Fsp3) is 0.600. The molecule has 2 heterocycles. The molecule has 4 atom stereocenters. The number of nitrogens with zero attached hydrogens (tertiary/aromatic N) is 2. The molecule has 8 heteroatoms. The normalized spacial score (nSPS) is 28.4. The highest BCUT2D eigenvalue weighted by atomic mass is 35.5. The Labute approximate surface area is 175 Å². The topological polar surface area (TPSA) is 59.1 Å². The molecule has 0 spiro atoms. The van der Waals surface area contributed by atoms with Crippen molar-refractivity contribution in [3.63, 3.8) is 0 Å². The van der Waals surface area contributed by atoms with Gasteiger partial charge in [0.2, 0.25) is 0 Å². The second kappa shape index (κ2) is 8.57. The molecule has 6 nitrogen and oxygen atoms in total. The quantitative estimate of drug-likeness (QED) is 0.722. The molecular formula is C20H26Cl2N2O4. The van der Waals surface area contributed by atoms with Crippen molar-refractivity contribution in [3.05, 3.63) is 33.3 Å². The molecule has 2 aliphatic rings. The zero-order chi connectivity index (χ0) is 20.6. The standard InChI is InChI=1S/C20H26Cl2N2O4/c1-11-7-23(8-12(2)27-11)19(25)15-5-17(21)18(22)6-16(15)20(26)24-9-13(3)28-14(4)10-24/h5-6,11-14H,7-10H2,1-4H3. The predicted octanol–water partition coefficient (Wildman–Crippen LogP) is 3.49. The highest BCUT2D eigenvalue weighted by Gasteiger charge is 2.33. The molecule has 0 radical (unpaired) electrons. The maximum atomic E-state index is 13.3. The molecule has 0 bridgehead atoms. The van der Waals surface area contributed by atoms with Crippen molar-refractivity contribution in [2.45, 2.75) is 52.1 Å². The zero-order valence-electron chi connectivity index (χ0n) is 16.6. The van der Waals surface area contributed by atoms with Gasteiger partial charge in [-0.1, -0.05) is 23.2 Å². The molecule has 4 unspecified atom stereocenters. The Morgan fingerprint density at radius 2 is 1.04 bits per heavy atom. The number of ether oxygens (including phenoxy) is 2. The van der Waals surface area contributed by atoms with Crippen LogP contribution in [0.4, 0.5) is 0 Å². The molecule has 2 aliphatic heterocycles. The second-order valence-corrected chi connectivity index (χ2v) is 8.56. The second-order valence-electron chi connectivity index (χ2n) is 7.75. The lowest BCUT2D eigenvalue weighted by Crippen LogP contribution is -2.50. The molecule has 0 aliphatic carbocycles. The number of amides is 2. The van der Waals surface area contributed by atoms with Crippen molar-refractivity contribution in [2.75, 3.05) is 26.2 Å². The molecule has 0 aromatic heterocycles. The van der Waals surface area contributed by atoms with Crippen molar-refractivity contribution < 1.29 is 19.1 Å². The van der Waals surface area contributed by atoms with Crippen LogP contribution in [0.1, 0.15) is 48.4 Å². The van der Waals surface area contributed by atoms with Gasteiger partial charge >= 0.3 is 0 Å². The summed E-state index contributed by atoms with van der Waals surface area (Å²) in [6.07, 6.45) is -0.294. The molecular weight excluding hydrogens is 403 g/mol. The molecule has 2 saturated heterocycles. The van der Waals surface area contributed by atoms with Gasteiger partial charge in [-0.3, -0.25) is 9.59 Å². The van der Waals surface area contributed by atoms with Crippen LogP contribution >= 0.6 is 23.2 Å². The van der Waals surface area contributed by atoms with Crippen molar-refractivity contribution in [3.8, 4) is 0 Å². The average molecular weight is 429 g/mol. The van der Waals surface area contributed by atoms with E-state index in [4.69, 9.17) is 32.7 Å². The summed E-state index contributed by atoms with van der Waals surface area (Å²) in [6.45, 7) is 9.54. The molecule has 3 rings (SSSR count). The van der Waals surface area contributed by atoms with Crippen molar-refractivity contribution in [1.82, 2.24) is 9.80 Å². The van der Waals surface area contributed by atoms with Gasteiger partial charge in [0.1, 0.15) is 0 Å². The SMILES string of the molecule is CC1CN(C(=O)c2cc(Cl)c(Cl)cc2C(=O)N2CC(C)OC(C)C2)CC(C)O1. The largest absolute Gasteiger partial charge is 0.372 e. The molecule has 1 aromatic carbocycles. The maximum Gasteiger partial charge on any atom is 0.254 e. The van der Waals surface area contributed by atoms with Crippen LogP contribution < -0.4 is 0 Å². The lowest BCUT2D eigenvalue weighted by atomic mass is 10.0. The van der Waals surface area contributed by atoms with E-state index in [1.165, 1.54) is 12.1 Å². The lowest BCUT2D eigenvalue weighted by Gasteiger charge is -2.37. The monoisotopic (exact) mass is 428 g/mol. The number of rotatable bonds is 2. The maximum absolute atomic E-state index is 13.3. The van der Waals surface area contributed by atoms with Gasteiger partial charge in [0.05, 0.1) is 45.6 Å². The lowest BCUT2D eigenvalue weighted by molar-refractivity contribution is -0.0594. The molecule has 28 heavy (non-hydrogen) atoms. The number of halogens is 2. The van der Waals surface area contributed by atoms with Gasteiger partial charge in [-0.25, -0.2) is 0 Å². The van der Waals surface area contributed by atoms with Crippen LogP contribution in [0.5, 0.6) is 0 Å². The number of carbonyl (C=O) groups is 2. The first kappa shape index (κ1) is 21.4. The Morgan fingerprint density at radius 1 is 0.750 bits per heavy atom. The van der Waals surface area contributed by atoms with E-state index >= 15 is 0 Å². The van der Waals surface area contributed by atoms with Crippen LogP contribution in [0.2, 0.25) is 10.0 Å². The Hall–Kier alpha value is -1.34. The summed E-state index contributed by atoms with van der Waals surface area (Å²) >= 11 is 12.4. The molecule has 1 aromatic rings. The number of carbonyl (C=O) groups excluding carboxylic acids is 2. The van der Waals surface area contributed by atoms with Gasteiger partial charge in [0.25, 0.3) is 11.8 Å². The van der Waals surface area contributed by atoms with Gasteiger partial charge in [-0.2, -0.15) is 0 Å². The van der Waals surface area contributed by atoms with Gasteiger partial charge in [-0.05, 0) is 39.8 Å². The summed E-state index contributed by atoms with van der Waals surface area (Å²) in [5.74, 6) is -0.475. The van der Waals surface area contributed by atoms with Crippen LogP contribution in [0.15, 0.2) is 12.1 Å². The van der Waals surface area contributed by atoms with E-state index in [0.717, 1.165) is 0 Å². The van der Waals surface area contributed by atoms with Gasteiger partial charge < -0.3 is 19.3 Å². The Balaban J connectivity index is 1.94. The van der Waals surface area contributed by atoms with Crippen LogP contribution in [0.25, 0.3) is 0 Å². The zero-order valence-corrected chi connectivity index (χ0v) is 18.1. The molecule has 0 saturated carbocycles. The van der Waals surface area contributed by atoms with Crippen LogP contribution in [0, 0.1) is 0 Å². The van der Waals surface area contributed by atoms with Gasteiger partial charge in [-0.15, -0.1) is 0 Å². The first-order chi connectivity index (χ1) is 13.2. The molecule has 154 valence electrons. The van der Waals surface area contributed by atoms with E-state index < -0.39 is 0 Å². The third-order valence-electron chi connectivity index (χ3n) is 4.93. The summed E-state index contributed by atoms with van der Waals surface area (Å²) in [6, 6.07) is 3.00. The minimum Gasteiger partial charge on any atom is -0.372 e. The summed E-state index contributed by atoms with van der Waals surface area (Å²) in [5, 5.41) is 0.499. The summed E-state index contributed by atoms with van der Waals surface area (Å²) < 4.78 is 11.4. The van der Waals surface area contributed by atoms with Crippen molar-refractivity contribution in [1.29, 1.82) is 0 Å². The Bertz CT molecular complexity index is 690.